The quantitative estimate of drug-likeness (QED) is 0.570. The van der Waals surface area contributed by atoms with E-state index in [1.165, 1.54) is 31.0 Å². The van der Waals surface area contributed by atoms with Crippen molar-refractivity contribution >= 4 is 17.7 Å². The van der Waals surface area contributed by atoms with E-state index in [9.17, 15) is 4.79 Å². The van der Waals surface area contributed by atoms with Crippen molar-refractivity contribution in [2.75, 3.05) is 18.8 Å². The third-order valence-corrected chi connectivity index (χ3v) is 6.13. The molecule has 0 spiro atoms. The van der Waals surface area contributed by atoms with Crippen molar-refractivity contribution in [2.24, 2.45) is 0 Å². The molecule has 6 heteroatoms. The van der Waals surface area contributed by atoms with Crippen LogP contribution in [0.2, 0.25) is 0 Å². The number of amides is 1. The number of carbonyl (C=O) groups is 1. The van der Waals surface area contributed by atoms with Gasteiger partial charge in [-0.1, -0.05) is 79.6 Å². The first kappa shape index (κ1) is 19.7. The van der Waals surface area contributed by atoms with E-state index in [1.54, 1.807) is 0 Å². The monoisotopic (exact) mass is 406 g/mol. The highest BCUT2D eigenvalue weighted by atomic mass is 32.2. The summed E-state index contributed by atoms with van der Waals surface area (Å²) in [4.78, 5) is 14.8. The molecular weight excluding hydrogens is 380 g/mol. The third kappa shape index (κ3) is 4.88. The highest BCUT2D eigenvalue weighted by Gasteiger charge is 2.19. The number of rotatable bonds is 5. The van der Waals surface area contributed by atoms with Gasteiger partial charge in [-0.25, -0.2) is 0 Å². The largest absolute Gasteiger partial charge is 0.342 e. The number of carbonyl (C=O) groups excluding carboxylic acids is 1. The fourth-order valence-corrected chi connectivity index (χ4v) is 4.52. The normalized spacial score (nSPS) is 15.0. The van der Waals surface area contributed by atoms with Crippen LogP contribution in [0.5, 0.6) is 0 Å². The number of para-hydroxylation sites is 1. The summed E-state index contributed by atoms with van der Waals surface area (Å²) in [5.74, 6) is 1.37. The van der Waals surface area contributed by atoms with Crippen LogP contribution in [-0.2, 0) is 4.79 Å². The van der Waals surface area contributed by atoms with Gasteiger partial charge in [0.05, 0.1) is 5.75 Å². The molecule has 29 heavy (non-hydrogen) atoms. The zero-order valence-electron chi connectivity index (χ0n) is 16.5. The first-order valence-electron chi connectivity index (χ1n) is 10.3. The molecule has 0 radical (unpaired) electrons. The zero-order valence-corrected chi connectivity index (χ0v) is 17.4. The molecule has 1 aliphatic rings. The van der Waals surface area contributed by atoms with Crippen molar-refractivity contribution in [2.45, 2.75) is 37.3 Å². The van der Waals surface area contributed by atoms with Crippen LogP contribution in [0.1, 0.15) is 32.1 Å². The molecule has 0 unspecified atom stereocenters. The Morgan fingerprint density at radius 1 is 0.828 bits per heavy atom. The lowest BCUT2D eigenvalue weighted by atomic mass is 10.1. The van der Waals surface area contributed by atoms with E-state index in [2.05, 4.69) is 10.2 Å². The minimum Gasteiger partial charge on any atom is -0.342 e. The number of thioether (sulfide) groups is 1. The lowest BCUT2D eigenvalue weighted by Crippen LogP contribution is -2.35. The molecule has 0 atom stereocenters. The maximum atomic E-state index is 12.8. The Balaban J connectivity index is 1.56. The average Bonchev–Trinajstić information content (AvgIpc) is 3.17. The first-order chi connectivity index (χ1) is 14.3. The summed E-state index contributed by atoms with van der Waals surface area (Å²) in [7, 11) is 0. The fourth-order valence-electron chi connectivity index (χ4n) is 3.66. The van der Waals surface area contributed by atoms with Crippen LogP contribution in [0, 0.1) is 0 Å². The molecule has 1 amide bonds. The van der Waals surface area contributed by atoms with Crippen molar-refractivity contribution in [3.8, 4) is 17.1 Å². The molecule has 2 aromatic carbocycles. The van der Waals surface area contributed by atoms with Gasteiger partial charge in [-0.3, -0.25) is 9.36 Å². The highest BCUT2D eigenvalue weighted by molar-refractivity contribution is 7.99. The van der Waals surface area contributed by atoms with Crippen LogP contribution in [0.15, 0.2) is 65.8 Å². The van der Waals surface area contributed by atoms with E-state index in [1.807, 2.05) is 70.1 Å². The molecular formula is C23H26N4OS. The van der Waals surface area contributed by atoms with E-state index >= 15 is 0 Å². The Bertz CT molecular complexity index is 919. The van der Waals surface area contributed by atoms with Crippen LogP contribution in [-0.4, -0.2) is 44.4 Å². The maximum Gasteiger partial charge on any atom is 0.233 e. The predicted molar refractivity (Wildman–Crippen MR) is 117 cm³/mol. The van der Waals surface area contributed by atoms with Gasteiger partial charge in [0.2, 0.25) is 5.91 Å². The summed E-state index contributed by atoms with van der Waals surface area (Å²) < 4.78 is 2.04. The second kappa shape index (κ2) is 9.74. The number of hydrogen-bond donors (Lipinski definition) is 0. The predicted octanol–water partition coefficient (Wildman–Crippen LogP) is 4.82. The summed E-state index contributed by atoms with van der Waals surface area (Å²) >= 11 is 1.47. The van der Waals surface area contributed by atoms with Crippen LogP contribution < -0.4 is 0 Å². The zero-order chi connectivity index (χ0) is 19.9. The molecule has 0 bridgehead atoms. The molecule has 0 N–H and O–H groups in total. The number of likely N-dealkylation sites (tertiary alicyclic amines) is 1. The molecule has 0 saturated carbocycles. The van der Waals surface area contributed by atoms with E-state index in [-0.39, 0.29) is 5.91 Å². The average molecular weight is 407 g/mol. The minimum atomic E-state index is 0.195. The molecule has 0 aliphatic carbocycles. The van der Waals surface area contributed by atoms with Gasteiger partial charge in [-0.05, 0) is 25.0 Å². The van der Waals surface area contributed by atoms with Gasteiger partial charge in [-0.15, -0.1) is 10.2 Å². The van der Waals surface area contributed by atoms with E-state index in [4.69, 9.17) is 0 Å². The van der Waals surface area contributed by atoms with Gasteiger partial charge in [0, 0.05) is 24.3 Å². The molecule has 2 heterocycles. The SMILES string of the molecule is O=C(CSc1nnc(-c2ccccc2)n1-c1ccccc1)N1CCCCCCC1. The molecule has 1 aromatic heterocycles. The Kier molecular flexibility index (Phi) is 6.62. The highest BCUT2D eigenvalue weighted by Crippen LogP contribution is 2.28. The van der Waals surface area contributed by atoms with Crippen LogP contribution in [0.4, 0.5) is 0 Å². The van der Waals surface area contributed by atoms with Crippen molar-refractivity contribution in [1.29, 1.82) is 0 Å². The molecule has 4 rings (SSSR count). The second-order valence-corrected chi connectivity index (χ2v) is 8.22. The summed E-state index contributed by atoms with van der Waals surface area (Å²) in [6.07, 6.45) is 5.95. The summed E-state index contributed by atoms with van der Waals surface area (Å²) in [5.41, 5.74) is 2.00. The Labute approximate surface area is 176 Å². The van der Waals surface area contributed by atoms with Gasteiger partial charge >= 0.3 is 0 Å². The van der Waals surface area contributed by atoms with Crippen LogP contribution in [0.25, 0.3) is 17.1 Å². The second-order valence-electron chi connectivity index (χ2n) is 7.28. The Morgan fingerprint density at radius 2 is 1.45 bits per heavy atom. The molecule has 150 valence electrons. The maximum absolute atomic E-state index is 12.8. The topological polar surface area (TPSA) is 51.0 Å². The molecule has 5 nitrogen and oxygen atoms in total. The Hall–Kier alpha value is -2.60. The first-order valence-corrected chi connectivity index (χ1v) is 11.3. The van der Waals surface area contributed by atoms with Crippen LogP contribution >= 0.6 is 11.8 Å². The number of nitrogens with zero attached hydrogens (tertiary/aromatic N) is 4. The van der Waals surface area contributed by atoms with E-state index in [0.29, 0.717) is 5.75 Å². The molecule has 1 saturated heterocycles. The van der Waals surface area contributed by atoms with Gasteiger partial charge in [0.1, 0.15) is 0 Å². The van der Waals surface area contributed by atoms with Crippen molar-refractivity contribution in [3.63, 3.8) is 0 Å². The van der Waals surface area contributed by atoms with Gasteiger partial charge in [0.25, 0.3) is 0 Å². The molecule has 3 aromatic rings. The van der Waals surface area contributed by atoms with Crippen molar-refractivity contribution in [1.82, 2.24) is 19.7 Å². The summed E-state index contributed by atoms with van der Waals surface area (Å²) in [6, 6.07) is 20.1. The third-order valence-electron chi connectivity index (χ3n) is 5.21. The van der Waals surface area contributed by atoms with Crippen molar-refractivity contribution in [3.05, 3.63) is 60.7 Å². The molecule has 1 aliphatic heterocycles. The van der Waals surface area contributed by atoms with Gasteiger partial charge in [-0.2, -0.15) is 0 Å². The summed E-state index contributed by atoms with van der Waals surface area (Å²) in [5, 5.41) is 9.62. The summed E-state index contributed by atoms with van der Waals surface area (Å²) in [6.45, 7) is 1.75. The van der Waals surface area contributed by atoms with E-state index in [0.717, 1.165) is 48.2 Å². The number of hydrogen-bond acceptors (Lipinski definition) is 4. The van der Waals surface area contributed by atoms with Gasteiger partial charge in [0.15, 0.2) is 11.0 Å². The standard InChI is InChI=1S/C23H26N4OS/c28-21(26-16-10-2-1-3-11-17-26)18-29-23-25-24-22(19-12-6-4-7-13-19)27(23)20-14-8-5-9-15-20/h4-9,12-15H,1-3,10-11,16-18H2. The van der Waals surface area contributed by atoms with Crippen molar-refractivity contribution < 1.29 is 4.79 Å². The Morgan fingerprint density at radius 3 is 2.14 bits per heavy atom. The number of aromatic nitrogens is 3. The number of benzene rings is 2. The smallest absolute Gasteiger partial charge is 0.233 e. The van der Waals surface area contributed by atoms with Gasteiger partial charge < -0.3 is 4.90 Å². The lowest BCUT2D eigenvalue weighted by molar-refractivity contribution is -0.128. The lowest BCUT2D eigenvalue weighted by Gasteiger charge is -2.24. The van der Waals surface area contributed by atoms with E-state index < -0.39 is 0 Å². The fraction of sp³-hybridized carbons (Fsp3) is 0.348. The minimum absolute atomic E-state index is 0.195. The molecule has 1 fully saturated rings. The van der Waals surface area contributed by atoms with Crippen LogP contribution in [0.3, 0.4) is 0 Å².